The molecule has 6 heteroatoms. The Labute approximate surface area is 116 Å². The van der Waals surface area contributed by atoms with E-state index in [2.05, 4.69) is 4.74 Å². The van der Waals surface area contributed by atoms with Gasteiger partial charge in [-0.2, -0.15) is 0 Å². The second-order valence-corrected chi connectivity index (χ2v) is 4.70. The molecule has 0 spiro atoms. The van der Waals surface area contributed by atoms with E-state index >= 15 is 0 Å². The molecule has 0 amide bonds. The van der Waals surface area contributed by atoms with Gasteiger partial charge in [0.1, 0.15) is 0 Å². The fourth-order valence-electron chi connectivity index (χ4n) is 2.30. The third-order valence-corrected chi connectivity index (χ3v) is 3.54. The number of rotatable bonds is 3. The Kier molecular flexibility index (Phi) is 3.85. The number of esters is 1. The van der Waals surface area contributed by atoms with Crippen LogP contribution in [0.1, 0.15) is 18.6 Å². The van der Waals surface area contributed by atoms with E-state index < -0.39 is 22.5 Å². The van der Waals surface area contributed by atoms with Crippen LogP contribution in [0.5, 0.6) is 0 Å². The molecule has 2 atom stereocenters. The predicted molar refractivity (Wildman–Crippen MR) is 70.6 cm³/mol. The van der Waals surface area contributed by atoms with Gasteiger partial charge in [0, 0.05) is 23.5 Å². The monoisotopic (exact) mass is 277 g/mol. The van der Waals surface area contributed by atoms with Crippen LogP contribution in [-0.4, -0.2) is 30.1 Å². The van der Waals surface area contributed by atoms with Crippen LogP contribution < -0.4 is 0 Å². The summed E-state index contributed by atoms with van der Waals surface area (Å²) in [6.45, 7) is 1.50. The molecular weight excluding hydrogens is 262 g/mol. The molecule has 6 nitrogen and oxygen atoms in total. The molecule has 1 aliphatic rings. The van der Waals surface area contributed by atoms with E-state index in [4.69, 9.17) is 4.74 Å². The van der Waals surface area contributed by atoms with Gasteiger partial charge in [-0.1, -0.05) is 30.3 Å². The third-order valence-electron chi connectivity index (χ3n) is 3.54. The Morgan fingerprint density at radius 2 is 2.15 bits per heavy atom. The molecule has 1 fully saturated rings. The van der Waals surface area contributed by atoms with E-state index in [0.29, 0.717) is 11.1 Å². The van der Waals surface area contributed by atoms with Gasteiger partial charge in [0.15, 0.2) is 6.10 Å². The lowest BCUT2D eigenvalue weighted by Gasteiger charge is -2.22. The molecule has 1 aromatic rings. The van der Waals surface area contributed by atoms with Gasteiger partial charge in [0.05, 0.1) is 13.7 Å². The number of carbonyl (C=O) groups excluding carboxylic acids is 1. The highest BCUT2D eigenvalue weighted by molar-refractivity contribution is 5.83. The summed E-state index contributed by atoms with van der Waals surface area (Å²) in [5, 5.41) is 11.5. The first-order chi connectivity index (χ1) is 9.50. The lowest BCUT2D eigenvalue weighted by molar-refractivity contribution is -0.561. The second kappa shape index (κ2) is 5.42. The van der Waals surface area contributed by atoms with Gasteiger partial charge in [-0.05, 0) is 5.56 Å². The predicted octanol–water partition coefficient (Wildman–Crippen LogP) is 1.89. The van der Waals surface area contributed by atoms with Gasteiger partial charge in [-0.3, -0.25) is 10.1 Å². The van der Waals surface area contributed by atoms with Gasteiger partial charge < -0.3 is 9.47 Å². The summed E-state index contributed by atoms with van der Waals surface area (Å²) in [4.78, 5) is 22.5. The van der Waals surface area contributed by atoms with Crippen molar-refractivity contribution in [3.05, 3.63) is 57.7 Å². The highest BCUT2D eigenvalue weighted by Crippen LogP contribution is 2.43. The molecule has 0 aliphatic carbocycles. The van der Waals surface area contributed by atoms with Crippen LogP contribution >= 0.6 is 0 Å². The highest BCUT2D eigenvalue weighted by atomic mass is 16.6. The number of hydrogen-bond donors (Lipinski definition) is 0. The van der Waals surface area contributed by atoms with E-state index in [1.54, 1.807) is 24.3 Å². The molecule has 1 heterocycles. The fourth-order valence-corrected chi connectivity index (χ4v) is 2.30. The molecular formula is C14H15NO5. The molecule has 0 radical (unpaired) electrons. The lowest BCUT2D eigenvalue weighted by Crippen LogP contribution is -2.39. The zero-order chi connectivity index (χ0) is 14.8. The number of ether oxygens (including phenoxy) is 2. The standard InChI is InChI=1S/C14H15NO5/c1-14(15(17)18)11(8-12(16)19-2)9-20-13(14)10-6-4-3-5-7-10/h3-8,13H,9H2,1-2H3/b11-8-/t13-,14+/m1/s1. The van der Waals surface area contributed by atoms with Crippen molar-refractivity contribution in [1.82, 2.24) is 0 Å². The molecule has 1 aliphatic heterocycles. The summed E-state index contributed by atoms with van der Waals surface area (Å²) in [5.41, 5.74) is -0.460. The van der Waals surface area contributed by atoms with E-state index in [0.717, 1.165) is 6.08 Å². The Hall–Kier alpha value is -2.21. The Bertz CT molecular complexity index is 554. The lowest BCUT2D eigenvalue weighted by atomic mass is 9.85. The van der Waals surface area contributed by atoms with Crippen LogP contribution in [0.2, 0.25) is 0 Å². The average Bonchev–Trinajstić information content (AvgIpc) is 2.78. The number of methoxy groups -OCH3 is 1. The van der Waals surface area contributed by atoms with Crippen molar-refractivity contribution in [2.24, 2.45) is 0 Å². The number of nitro groups is 1. The summed E-state index contributed by atoms with van der Waals surface area (Å²) >= 11 is 0. The normalized spacial score (nSPS) is 27.5. The Morgan fingerprint density at radius 1 is 1.50 bits per heavy atom. The number of benzene rings is 1. The first kappa shape index (κ1) is 14.2. The molecule has 0 unspecified atom stereocenters. The maximum absolute atomic E-state index is 11.5. The van der Waals surface area contributed by atoms with Crippen molar-refractivity contribution in [3.63, 3.8) is 0 Å². The molecule has 20 heavy (non-hydrogen) atoms. The van der Waals surface area contributed by atoms with Gasteiger partial charge in [0.2, 0.25) is 0 Å². The summed E-state index contributed by atoms with van der Waals surface area (Å²) < 4.78 is 10.1. The van der Waals surface area contributed by atoms with Crippen LogP contribution in [0.15, 0.2) is 42.0 Å². The maximum atomic E-state index is 11.5. The van der Waals surface area contributed by atoms with Gasteiger partial charge in [0.25, 0.3) is 5.54 Å². The van der Waals surface area contributed by atoms with Crippen LogP contribution in [0.25, 0.3) is 0 Å². The zero-order valence-corrected chi connectivity index (χ0v) is 11.2. The van der Waals surface area contributed by atoms with Crippen molar-refractivity contribution in [2.45, 2.75) is 18.6 Å². The molecule has 0 saturated carbocycles. The van der Waals surface area contributed by atoms with E-state index in [9.17, 15) is 14.9 Å². The largest absolute Gasteiger partial charge is 0.466 e. The molecule has 1 aromatic carbocycles. The first-order valence-electron chi connectivity index (χ1n) is 6.10. The van der Waals surface area contributed by atoms with Crippen LogP contribution in [0.3, 0.4) is 0 Å². The SMILES string of the molecule is COC(=O)/C=C1/CO[C@H](c2ccccc2)[C@@]1(C)[N+](=O)[O-]. The molecule has 106 valence electrons. The Morgan fingerprint density at radius 3 is 2.70 bits per heavy atom. The van der Waals surface area contributed by atoms with Crippen molar-refractivity contribution in [2.75, 3.05) is 13.7 Å². The van der Waals surface area contributed by atoms with Crippen molar-refractivity contribution in [1.29, 1.82) is 0 Å². The van der Waals surface area contributed by atoms with Crippen LogP contribution in [0.4, 0.5) is 0 Å². The van der Waals surface area contributed by atoms with Crippen molar-refractivity contribution >= 4 is 5.97 Å². The molecule has 0 bridgehead atoms. The minimum absolute atomic E-state index is 0.0339. The molecule has 1 saturated heterocycles. The minimum atomic E-state index is -1.48. The van der Waals surface area contributed by atoms with Gasteiger partial charge in [-0.25, -0.2) is 4.79 Å². The Balaban J connectivity index is 2.44. The number of carbonyl (C=O) groups is 1. The maximum Gasteiger partial charge on any atom is 0.330 e. The quantitative estimate of drug-likeness (QED) is 0.365. The summed E-state index contributed by atoms with van der Waals surface area (Å²) in [5.74, 6) is -0.620. The highest BCUT2D eigenvalue weighted by Gasteiger charge is 2.55. The van der Waals surface area contributed by atoms with E-state index in [1.165, 1.54) is 14.0 Å². The van der Waals surface area contributed by atoms with Crippen LogP contribution in [0, 0.1) is 10.1 Å². The summed E-state index contributed by atoms with van der Waals surface area (Å²) in [6, 6.07) is 8.95. The van der Waals surface area contributed by atoms with Crippen molar-refractivity contribution in [3.8, 4) is 0 Å². The fraction of sp³-hybridized carbons (Fsp3) is 0.357. The first-order valence-corrected chi connectivity index (χ1v) is 6.10. The summed E-state index contributed by atoms with van der Waals surface area (Å²) in [6.07, 6.45) is 0.417. The van der Waals surface area contributed by atoms with Gasteiger partial charge in [-0.15, -0.1) is 0 Å². The molecule has 0 aromatic heterocycles. The third kappa shape index (κ3) is 2.30. The second-order valence-electron chi connectivity index (χ2n) is 4.70. The van der Waals surface area contributed by atoms with Gasteiger partial charge >= 0.3 is 5.97 Å². The molecule has 0 N–H and O–H groups in total. The van der Waals surface area contributed by atoms with Crippen LogP contribution in [-0.2, 0) is 14.3 Å². The number of nitrogens with zero attached hydrogens (tertiary/aromatic N) is 1. The van der Waals surface area contributed by atoms with Crippen molar-refractivity contribution < 1.29 is 19.2 Å². The van der Waals surface area contributed by atoms with E-state index in [-0.39, 0.29) is 6.61 Å². The number of hydrogen-bond acceptors (Lipinski definition) is 5. The summed E-state index contributed by atoms with van der Waals surface area (Å²) in [7, 11) is 1.23. The molecule has 2 rings (SSSR count). The topological polar surface area (TPSA) is 78.7 Å². The minimum Gasteiger partial charge on any atom is -0.466 e. The smallest absolute Gasteiger partial charge is 0.330 e. The van der Waals surface area contributed by atoms with E-state index in [1.807, 2.05) is 6.07 Å². The average molecular weight is 277 g/mol. The zero-order valence-electron chi connectivity index (χ0n) is 11.2.